The normalized spacial score (nSPS) is 9.43. The topological polar surface area (TPSA) is 9.23 Å². The van der Waals surface area contributed by atoms with Crippen molar-refractivity contribution < 1.29 is 4.74 Å². The Bertz CT molecular complexity index is 30.9. The summed E-state index contributed by atoms with van der Waals surface area (Å²) in [4.78, 5) is 0. The average Bonchev–Trinajstić information content (AvgIpc) is 1.69. The Morgan fingerprint density at radius 1 is 1.71 bits per heavy atom. The van der Waals surface area contributed by atoms with Crippen molar-refractivity contribution in [3.63, 3.8) is 0 Å². The SMILES string of the molecule is CCOCCSCl. The van der Waals surface area contributed by atoms with Crippen molar-refractivity contribution in [2.45, 2.75) is 6.92 Å². The number of hydrogen-bond donors (Lipinski definition) is 0. The van der Waals surface area contributed by atoms with Gasteiger partial charge in [-0.15, -0.1) is 0 Å². The van der Waals surface area contributed by atoms with Crippen LogP contribution in [0.1, 0.15) is 6.92 Å². The third-order valence-corrected chi connectivity index (χ3v) is 1.29. The van der Waals surface area contributed by atoms with Gasteiger partial charge in [0.15, 0.2) is 0 Å². The molecule has 7 heavy (non-hydrogen) atoms. The second-order valence-electron chi connectivity index (χ2n) is 1.01. The molecule has 0 heterocycles. The first kappa shape index (κ1) is 7.60. The lowest BCUT2D eigenvalue weighted by molar-refractivity contribution is 0.165. The summed E-state index contributed by atoms with van der Waals surface area (Å²) in [5.41, 5.74) is 0. The molecule has 0 aromatic carbocycles. The van der Waals surface area contributed by atoms with Crippen molar-refractivity contribution in [2.75, 3.05) is 19.0 Å². The molecule has 0 bridgehead atoms. The molecule has 0 radical (unpaired) electrons. The Kier molecular flexibility index (Phi) is 7.17. The van der Waals surface area contributed by atoms with Gasteiger partial charge in [0.1, 0.15) is 0 Å². The van der Waals surface area contributed by atoms with Crippen LogP contribution in [0, 0.1) is 0 Å². The minimum atomic E-state index is 0.769. The number of halogens is 1. The smallest absolute Gasteiger partial charge is 0.0568 e. The van der Waals surface area contributed by atoms with Crippen LogP contribution in [0.5, 0.6) is 0 Å². The predicted octanol–water partition coefficient (Wildman–Crippen LogP) is 1.91. The van der Waals surface area contributed by atoms with E-state index in [1.165, 1.54) is 11.0 Å². The highest BCUT2D eigenvalue weighted by Crippen LogP contribution is 2.03. The van der Waals surface area contributed by atoms with E-state index in [0.717, 1.165) is 19.0 Å². The van der Waals surface area contributed by atoms with Crippen molar-refractivity contribution in [1.29, 1.82) is 0 Å². The van der Waals surface area contributed by atoms with Crippen molar-refractivity contribution in [2.24, 2.45) is 0 Å². The molecule has 0 atom stereocenters. The second-order valence-corrected chi connectivity index (χ2v) is 2.29. The monoisotopic (exact) mass is 140 g/mol. The van der Waals surface area contributed by atoms with Crippen LogP contribution >= 0.6 is 21.7 Å². The van der Waals surface area contributed by atoms with Crippen molar-refractivity contribution in [3.8, 4) is 0 Å². The third-order valence-electron chi connectivity index (χ3n) is 0.509. The molecule has 0 spiro atoms. The van der Waals surface area contributed by atoms with Gasteiger partial charge in [0.05, 0.1) is 6.61 Å². The summed E-state index contributed by atoms with van der Waals surface area (Å²) >= 11 is 0. The molecule has 1 nitrogen and oxygen atoms in total. The molecule has 0 saturated heterocycles. The minimum absolute atomic E-state index is 0.769. The Balaban J connectivity index is 2.45. The van der Waals surface area contributed by atoms with E-state index in [1.807, 2.05) is 6.92 Å². The maximum atomic E-state index is 5.27. The van der Waals surface area contributed by atoms with E-state index in [9.17, 15) is 0 Å². The molecule has 0 rings (SSSR count). The molecule has 0 saturated carbocycles. The van der Waals surface area contributed by atoms with Crippen LogP contribution in [-0.2, 0) is 4.74 Å². The van der Waals surface area contributed by atoms with E-state index >= 15 is 0 Å². The summed E-state index contributed by atoms with van der Waals surface area (Å²) in [6.45, 7) is 3.53. The van der Waals surface area contributed by atoms with E-state index in [0.29, 0.717) is 0 Å². The average molecular weight is 141 g/mol. The maximum absolute atomic E-state index is 5.27. The van der Waals surface area contributed by atoms with Crippen LogP contribution in [-0.4, -0.2) is 19.0 Å². The highest BCUT2D eigenvalue weighted by Gasteiger charge is 1.80. The molecule has 0 N–H and O–H groups in total. The fourth-order valence-electron chi connectivity index (χ4n) is 0.235. The van der Waals surface area contributed by atoms with Crippen molar-refractivity contribution >= 4 is 21.7 Å². The Morgan fingerprint density at radius 3 is 2.86 bits per heavy atom. The fourth-order valence-corrected chi connectivity index (χ4v) is 0.605. The van der Waals surface area contributed by atoms with E-state index < -0.39 is 0 Å². The van der Waals surface area contributed by atoms with Gasteiger partial charge in [-0.3, -0.25) is 0 Å². The molecule has 0 fully saturated rings. The summed E-state index contributed by atoms with van der Waals surface area (Å²) in [7, 11) is 6.56. The molecule has 0 aliphatic rings. The van der Waals surface area contributed by atoms with Gasteiger partial charge in [-0.2, -0.15) is 0 Å². The second kappa shape index (κ2) is 6.60. The predicted molar refractivity (Wildman–Crippen MR) is 34.8 cm³/mol. The molecule has 0 aromatic heterocycles. The zero-order chi connectivity index (χ0) is 5.54. The Morgan fingerprint density at radius 2 is 2.43 bits per heavy atom. The summed E-state index contributed by atoms with van der Waals surface area (Å²) in [5.74, 6) is 0.884. The van der Waals surface area contributed by atoms with Gasteiger partial charge in [-0.25, -0.2) is 0 Å². The van der Waals surface area contributed by atoms with Gasteiger partial charge < -0.3 is 4.74 Å². The van der Waals surface area contributed by atoms with E-state index in [-0.39, 0.29) is 0 Å². The van der Waals surface area contributed by atoms with Crippen LogP contribution in [0.2, 0.25) is 0 Å². The number of rotatable bonds is 4. The highest BCUT2D eigenvalue weighted by molar-refractivity contribution is 8.21. The van der Waals surface area contributed by atoms with E-state index in [2.05, 4.69) is 0 Å². The van der Waals surface area contributed by atoms with Crippen LogP contribution in [0.25, 0.3) is 0 Å². The number of hydrogen-bond acceptors (Lipinski definition) is 2. The van der Waals surface area contributed by atoms with E-state index in [4.69, 9.17) is 15.4 Å². The van der Waals surface area contributed by atoms with Gasteiger partial charge >= 0.3 is 0 Å². The van der Waals surface area contributed by atoms with Crippen LogP contribution in [0.4, 0.5) is 0 Å². The molecule has 44 valence electrons. The fraction of sp³-hybridized carbons (Fsp3) is 1.00. The lowest BCUT2D eigenvalue weighted by Gasteiger charge is -1.93. The van der Waals surface area contributed by atoms with Crippen LogP contribution in [0.3, 0.4) is 0 Å². The molecule has 0 unspecified atom stereocenters. The van der Waals surface area contributed by atoms with Crippen molar-refractivity contribution in [1.82, 2.24) is 0 Å². The summed E-state index contributed by atoms with van der Waals surface area (Å²) in [6.07, 6.45) is 0. The first-order valence-corrected chi connectivity index (χ1v) is 4.04. The zero-order valence-corrected chi connectivity index (χ0v) is 5.89. The van der Waals surface area contributed by atoms with Crippen LogP contribution in [0.15, 0.2) is 0 Å². The summed E-state index contributed by atoms with van der Waals surface area (Å²) in [5, 5.41) is 0. The Hall–Kier alpha value is 0.600. The molecular weight excluding hydrogens is 132 g/mol. The molecule has 0 aliphatic heterocycles. The van der Waals surface area contributed by atoms with Gasteiger partial charge in [-0.05, 0) is 17.6 Å². The van der Waals surface area contributed by atoms with Gasteiger partial charge in [0.25, 0.3) is 0 Å². The lowest BCUT2D eigenvalue weighted by atomic mass is 10.8. The van der Waals surface area contributed by atoms with Gasteiger partial charge in [0.2, 0.25) is 0 Å². The van der Waals surface area contributed by atoms with E-state index in [1.54, 1.807) is 0 Å². The summed E-state index contributed by atoms with van der Waals surface area (Å²) < 4.78 is 4.97. The standard InChI is InChI=1S/C4H9ClOS/c1-2-6-3-4-7-5/h2-4H2,1H3. The van der Waals surface area contributed by atoms with Crippen molar-refractivity contribution in [3.05, 3.63) is 0 Å². The third kappa shape index (κ3) is 6.60. The quantitative estimate of drug-likeness (QED) is 0.552. The number of ether oxygens (including phenoxy) is 1. The summed E-state index contributed by atoms with van der Waals surface area (Å²) in [6, 6.07) is 0. The zero-order valence-electron chi connectivity index (χ0n) is 4.32. The lowest BCUT2D eigenvalue weighted by Crippen LogP contribution is -1.93. The molecule has 0 aliphatic carbocycles. The molecule has 0 aromatic rings. The van der Waals surface area contributed by atoms with Gasteiger partial charge in [-0.1, -0.05) is 11.0 Å². The molecule has 3 heteroatoms. The molecule has 0 amide bonds. The first-order valence-electron chi connectivity index (χ1n) is 2.23. The molecular formula is C4H9ClOS. The maximum Gasteiger partial charge on any atom is 0.0568 e. The Labute approximate surface area is 52.9 Å². The van der Waals surface area contributed by atoms with Gasteiger partial charge in [0, 0.05) is 12.4 Å². The minimum Gasteiger partial charge on any atom is -0.381 e. The first-order chi connectivity index (χ1) is 3.41. The van der Waals surface area contributed by atoms with Crippen LogP contribution < -0.4 is 0 Å². The highest BCUT2D eigenvalue weighted by atomic mass is 35.7. The largest absolute Gasteiger partial charge is 0.381 e.